The van der Waals surface area contributed by atoms with Gasteiger partial charge in [-0.1, -0.05) is 0 Å². The van der Waals surface area contributed by atoms with Crippen LogP contribution in [0.15, 0.2) is 0 Å². The molecule has 0 unspecified atom stereocenters. The number of esters is 1. The minimum atomic E-state index is -0.868. The van der Waals surface area contributed by atoms with Crippen molar-refractivity contribution in [3.05, 3.63) is 0 Å². The van der Waals surface area contributed by atoms with E-state index in [2.05, 4.69) is 7.01 Å². The van der Waals surface area contributed by atoms with Crippen molar-refractivity contribution in [3.63, 3.8) is 0 Å². The van der Waals surface area contributed by atoms with E-state index in [0.717, 1.165) is 13.0 Å². The second kappa shape index (κ2) is 5.19. The summed E-state index contributed by atoms with van der Waals surface area (Å²) < 4.78 is 19.0. The molecule has 2 aliphatic heterocycles. The fourth-order valence-corrected chi connectivity index (χ4v) is 2.40. The van der Waals surface area contributed by atoms with Crippen molar-refractivity contribution in [2.24, 2.45) is 5.41 Å². The van der Waals surface area contributed by atoms with Crippen LogP contribution >= 0.6 is 0 Å². The maximum absolute atomic E-state index is 11.8. The number of rotatable bonds is 5. The van der Waals surface area contributed by atoms with Gasteiger partial charge in [0.05, 0.1) is 0 Å². The molecule has 0 bridgehead atoms. The van der Waals surface area contributed by atoms with Gasteiger partial charge in [-0.3, -0.25) is 0 Å². The molecular weight excluding hydrogens is 341 g/mol. The molecule has 1 fully saturated rings. The first-order valence-electron chi connectivity index (χ1n) is 5.31. The van der Waals surface area contributed by atoms with Crippen molar-refractivity contribution in [2.75, 3.05) is 26.4 Å². The Kier molecular flexibility index (Phi) is 3.85. The summed E-state index contributed by atoms with van der Waals surface area (Å²) in [5.41, 5.74) is -0.868. The summed E-state index contributed by atoms with van der Waals surface area (Å²) in [7, 11) is 0. The van der Waals surface area contributed by atoms with Crippen molar-refractivity contribution in [3.8, 4) is 0 Å². The average molecular weight is 355 g/mol. The van der Waals surface area contributed by atoms with Crippen molar-refractivity contribution < 1.29 is 48.1 Å². The van der Waals surface area contributed by atoms with Gasteiger partial charge in [-0.2, -0.15) is 0 Å². The summed E-state index contributed by atoms with van der Waals surface area (Å²) >= 11 is 0.203. The van der Waals surface area contributed by atoms with Gasteiger partial charge in [-0.25, -0.2) is 0 Å². The van der Waals surface area contributed by atoms with E-state index in [1.54, 1.807) is 6.92 Å². The molecule has 0 spiro atoms. The molecule has 0 radical (unpaired) electrons. The van der Waals surface area contributed by atoms with E-state index in [1.807, 2.05) is 0 Å². The van der Waals surface area contributed by atoms with Gasteiger partial charge < -0.3 is 0 Å². The third kappa shape index (κ3) is 3.55. The van der Waals surface area contributed by atoms with Crippen LogP contribution in [0.25, 0.3) is 0 Å². The third-order valence-corrected chi connectivity index (χ3v) is 4.32. The first kappa shape index (κ1) is 12.6. The van der Waals surface area contributed by atoms with Crippen LogP contribution < -0.4 is 21.5 Å². The molecule has 0 saturated carbocycles. The molecule has 96 valence electrons. The Hall–Kier alpha value is -0.860. The molecule has 0 aromatic rings. The Bertz CT molecular complexity index is 358. The minimum absolute atomic E-state index is 0.0239. The van der Waals surface area contributed by atoms with Crippen LogP contribution in [0.1, 0.15) is 13.3 Å². The Labute approximate surface area is 110 Å². The monoisotopic (exact) mass is 355 g/mol. The van der Waals surface area contributed by atoms with Crippen LogP contribution in [0.5, 0.6) is 0 Å². The van der Waals surface area contributed by atoms with Crippen LogP contribution in [0.2, 0.25) is 0 Å². The van der Waals surface area contributed by atoms with E-state index in [-0.39, 0.29) is 40.7 Å². The number of nitrogens with zero attached hydrogens (tertiary/aromatic N) is 1. The predicted octanol–water partition coefficient (Wildman–Crippen LogP) is -2.85. The Morgan fingerprint density at radius 2 is 2.24 bits per heavy atom. The molecule has 0 aromatic heterocycles. The second-order valence-electron chi connectivity index (χ2n) is 4.20. The summed E-state index contributed by atoms with van der Waals surface area (Å²) in [5, 5.41) is 0. The van der Waals surface area contributed by atoms with Gasteiger partial charge >= 0.3 is 110 Å². The molecule has 6 nitrogen and oxygen atoms in total. The molecular formula is C10H14INO5. The van der Waals surface area contributed by atoms with Crippen LogP contribution in [-0.4, -0.2) is 45.5 Å². The number of cyclic esters (lactones) is 2. The normalized spacial score (nSPS) is 21.5. The quantitative estimate of drug-likeness (QED) is 0.230. The fourth-order valence-electron chi connectivity index (χ4n) is 1.32. The van der Waals surface area contributed by atoms with Crippen LogP contribution in [0.4, 0.5) is 4.79 Å². The predicted molar refractivity (Wildman–Crippen MR) is 52.2 cm³/mol. The second-order valence-corrected chi connectivity index (χ2v) is 6.55. The summed E-state index contributed by atoms with van der Waals surface area (Å²) in [4.78, 5) is 22.5. The zero-order valence-corrected chi connectivity index (χ0v) is 11.6. The molecule has 7 heteroatoms. The SMILES string of the molecule is CC1(C(=O)OCCC[N+]2=C[I-]2)COC(=O)OC1. The number of halogens is 1. The van der Waals surface area contributed by atoms with Gasteiger partial charge in [-0.05, 0) is 0 Å². The molecule has 17 heavy (non-hydrogen) atoms. The third-order valence-electron chi connectivity index (χ3n) is 2.49. The fraction of sp³-hybridized carbons (Fsp3) is 0.700. The number of hydrogen-bond donors (Lipinski definition) is 0. The average Bonchev–Trinajstić information content (AvgIpc) is 3.12. The van der Waals surface area contributed by atoms with E-state index < -0.39 is 11.6 Å². The topological polar surface area (TPSA) is 64.8 Å². The van der Waals surface area contributed by atoms with Gasteiger partial charge in [-0.15, -0.1) is 0 Å². The number of carbonyl (C=O) groups is 2. The Morgan fingerprint density at radius 1 is 1.59 bits per heavy atom. The molecule has 0 amide bonds. The first-order chi connectivity index (χ1) is 8.10. The van der Waals surface area contributed by atoms with Crippen molar-refractivity contribution >= 4 is 16.3 Å². The van der Waals surface area contributed by atoms with Gasteiger partial charge in [0.15, 0.2) is 0 Å². The number of ether oxygens (including phenoxy) is 3. The van der Waals surface area contributed by atoms with Crippen molar-refractivity contribution in [1.82, 2.24) is 0 Å². The van der Waals surface area contributed by atoms with Crippen LogP contribution in [0, 0.1) is 5.41 Å². The van der Waals surface area contributed by atoms with Crippen molar-refractivity contribution in [1.29, 1.82) is 0 Å². The molecule has 0 atom stereocenters. The summed E-state index contributed by atoms with van der Waals surface area (Å²) in [6.45, 7) is 3.08. The van der Waals surface area contributed by atoms with E-state index >= 15 is 0 Å². The number of carbonyl (C=O) groups excluding carboxylic acids is 2. The molecule has 2 aliphatic rings. The molecule has 2 rings (SSSR count). The van der Waals surface area contributed by atoms with Crippen molar-refractivity contribution in [2.45, 2.75) is 13.3 Å². The number of hydrogen-bond acceptors (Lipinski definition) is 5. The van der Waals surface area contributed by atoms with E-state index in [0.29, 0.717) is 6.61 Å². The zero-order chi connectivity index (χ0) is 12.3. The van der Waals surface area contributed by atoms with E-state index in [1.165, 1.54) is 0 Å². The molecule has 0 N–H and O–H groups in total. The van der Waals surface area contributed by atoms with Gasteiger partial charge in [0.2, 0.25) is 0 Å². The summed E-state index contributed by atoms with van der Waals surface area (Å²) in [5.74, 6) is -0.366. The summed E-state index contributed by atoms with van der Waals surface area (Å²) in [6, 6.07) is 0. The Balaban J connectivity index is 1.70. The van der Waals surface area contributed by atoms with Gasteiger partial charge in [0, 0.05) is 0 Å². The van der Waals surface area contributed by atoms with E-state index in [4.69, 9.17) is 14.2 Å². The van der Waals surface area contributed by atoms with E-state index in [9.17, 15) is 9.59 Å². The Morgan fingerprint density at radius 3 is 2.82 bits per heavy atom. The van der Waals surface area contributed by atoms with Crippen LogP contribution in [-0.2, 0) is 19.0 Å². The van der Waals surface area contributed by atoms with Gasteiger partial charge in [0.25, 0.3) is 0 Å². The molecule has 1 saturated heterocycles. The zero-order valence-electron chi connectivity index (χ0n) is 9.48. The molecule has 0 aliphatic carbocycles. The summed E-state index contributed by atoms with van der Waals surface area (Å²) in [6.07, 6.45) is 0.106. The first-order valence-corrected chi connectivity index (χ1v) is 7.52. The van der Waals surface area contributed by atoms with Gasteiger partial charge in [0.1, 0.15) is 0 Å². The molecule has 2 heterocycles. The van der Waals surface area contributed by atoms with Crippen LogP contribution in [0.3, 0.4) is 0 Å². The standard InChI is InChI=1S/C10H14INO5/c1-10(5-16-9(14)17-6-10)8(13)15-4-2-3-12-7-11-12/h7H,2-6H2,1H3. The molecule has 0 aromatic carbocycles. The maximum atomic E-state index is 11.8.